The zero-order valence-corrected chi connectivity index (χ0v) is 16.4. The minimum Gasteiger partial charge on any atom is -0.423 e. The number of ether oxygens (including phenoxy) is 1. The summed E-state index contributed by atoms with van der Waals surface area (Å²) in [6.45, 7) is 3.63. The van der Waals surface area contributed by atoms with Gasteiger partial charge in [0.05, 0.1) is 23.2 Å². The van der Waals surface area contributed by atoms with Gasteiger partial charge in [-0.3, -0.25) is 19.8 Å². The van der Waals surface area contributed by atoms with Crippen molar-refractivity contribution in [3.05, 3.63) is 64.2 Å². The van der Waals surface area contributed by atoms with Crippen molar-refractivity contribution in [2.45, 2.75) is 6.54 Å². The highest BCUT2D eigenvalue weighted by Gasteiger charge is 2.29. The van der Waals surface area contributed by atoms with E-state index in [0.717, 1.165) is 19.6 Å². The third-order valence-electron chi connectivity index (χ3n) is 5.34. The molecule has 0 unspecified atom stereocenters. The predicted octanol–water partition coefficient (Wildman–Crippen LogP) is 1.66. The Labute approximate surface area is 173 Å². The van der Waals surface area contributed by atoms with E-state index < -0.39 is 10.9 Å². The van der Waals surface area contributed by atoms with Crippen molar-refractivity contribution in [3.63, 3.8) is 0 Å². The lowest BCUT2D eigenvalue weighted by Gasteiger charge is -2.36. The summed E-state index contributed by atoms with van der Waals surface area (Å²) >= 11 is 0. The molecule has 1 fully saturated rings. The molecule has 1 amide bonds. The number of amides is 1. The maximum atomic E-state index is 12.8. The standard InChI is InChI=1S/C21H22N4O5/c26-20(23-10-8-22(9-11-23)13-16-4-2-1-3-5-16)14-24-15-21(27)30-19-12-17(25(28)29)6-7-18(19)24/h1-7,12H,8-11,13-15H2. The summed E-state index contributed by atoms with van der Waals surface area (Å²) in [4.78, 5) is 40.9. The molecule has 2 aromatic carbocycles. The van der Waals surface area contributed by atoms with Crippen molar-refractivity contribution < 1.29 is 19.2 Å². The molecule has 0 saturated carbocycles. The van der Waals surface area contributed by atoms with Crippen LogP contribution in [0.2, 0.25) is 0 Å². The number of nitro groups is 1. The molecule has 1 saturated heterocycles. The Morgan fingerprint density at radius 3 is 2.50 bits per heavy atom. The maximum Gasteiger partial charge on any atom is 0.331 e. The average Bonchev–Trinajstić information content (AvgIpc) is 2.74. The van der Waals surface area contributed by atoms with E-state index in [1.807, 2.05) is 18.2 Å². The molecule has 30 heavy (non-hydrogen) atoms. The number of non-ortho nitro benzene ring substituents is 1. The van der Waals surface area contributed by atoms with Crippen LogP contribution in [0.25, 0.3) is 0 Å². The molecule has 9 nitrogen and oxygen atoms in total. The van der Waals surface area contributed by atoms with Crippen molar-refractivity contribution in [3.8, 4) is 5.75 Å². The summed E-state index contributed by atoms with van der Waals surface area (Å²) in [6.07, 6.45) is 0. The van der Waals surface area contributed by atoms with Crippen LogP contribution in [-0.2, 0) is 16.1 Å². The van der Waals surface area contributed by atoms with Gasteiger partial charge in [0, 0.05) is 38.8 Å². The number of rotatable bonds is 5. The molecule has 2 aliphatic heterocycles. The van der Waals surface area contributed by atoms with E-state index in [-0.39, 0.29) is 30.4 Å². The van der Waals surface area contributed by atoms with Gasteiger partial charge in [0.1, 0.15) is 6.54 Å². The highest BCUT2D eigenvalue weighted by Crippen LogP contribution is 2.35. The normalized spacial score (nSPS) is 16.7. The fraction of sp³-hybridized carbons (Fsp3) is 0.333. The number of nitro benzene ring substituents is 1. The van der Waals surface area contributed by atoms with Gasteiger partial charge in [-0.2, -0.15) is 0 Å². The fourth-order valence-electron chi connectivity index (χ4n) is 3.76. The van der Waals surface area contributed by atoms with Crippen LogP contribution in [-0.4, -0.2) is 65.9 Å². The second-order valence-electron chi connectivity index (χ2n) is 7.38. The summed E-state index contributed by atoms with van der Waals surface area (Å²) in [6, 6.07) is 14.3. The summed E-state index contributed by atoms with van der Waals surface area (Å²) in [5, 5.41) is 11.0. The van der Waals surface area contributed by atoms with Crippen LogP contribution < -0.4 is 9.64 Å². The lowest BCUT2D eigenvalue weighted by molar-refractivity contribution is -0.384. The molecule has 156 valence electrons. The van der Waals surface area contributed by atoms with Gasteiger partial charge in [-0.1, -0.05) is 30.3 Å². The molecule has 0 bridgehead atoms. The number of fused-ring (bicyclic) bond motifs is 1. The molecular formula is C21H22N4O5. The van der Waals surface area contributed by atoms with Gasteiger partial charge >= 0.3 is 5.97 Å². The molecular weight excluding hydrogens is 388 g/mol. The molecule has 2 aromatic rings. The minimum absolute atomic E-state index is 0.0264. The van der Waals surface area contributed by atoms with Crippen molar-refractivity contribution in [1.29, 1.82) is 0 Å². The van der Waals surface area contributed by atoms with E-state index in [1.54, 1.807) is 9.80 Å². The van der Waals surface area contributed by atoms with Crippen LogP contribution >= 0.6 is 0 Å². The van der Waals surface area contributed by atoms with Crippen molar-refractivity contribution in [1.82, 2.24) is 9.80 Å². The van der Waals surface area contributed by atoms with E-state index >= 15 is 0 Å². The number of nitrogens with zero attached hydrogens (tertiary/aromatic N) is 4. The van der Waals surface area contributed by atoms with Crippen molar-refractivity contribution in [2.75, 3.05) is 44.2 Å². The number of anilines is 1. The Morgan fingerprint density at radius 1 is 1.07 bits per heavy atom. The van der Waals surface area contributed by atoms with Gasteiger partial charge in [-0.25, -0.2) is 4.79 Å². The van der Waals surface area contributed by atoms with Crippen LogP contribution in [0, 0.1) is 10.1 Å². The summed E-state index contributed by atoms with van der Waals surface area (Å²) in [5.74, 6) is -0.502. The summed E-state index contributed by atoms with van der Waals surface area (Å²) in [7, 11) is 0. The molecule has 9 heteroatoms. The van der Waals surface area contributed by atoms with E-state index in [0.29, 0.717) is 18.8 Å². The highest BCUT2D eigenvalue weighted by atomic mass is 16.6. The third-order valence-corrected chi connectivity index (χ3v) is 5.34. The number of esters is 1. The van der Waals surface area contributed by atoms with Crippen molar-refractivity contribution in [2.24, 2.45) is 0 Å². The van der Waals surface area contributed by atoms with Crippen LogP contribution in [0.15, 0.2) is 48.5 Å². The number of piperazine rings is 1. The third kappa shape index (κ3) is 4.41. The molecule has 0 aliphatic carbocycles. The SMILES string of the molecule is O=C1CN(CC(=O)N2CCN(Cc3ccccc3)CC2)c2ccc([N+](=O)[O-])cc2O1. The second-order valence-corrected chi connectivity index (χ2v) is 7.38. The first kappa shape index (κ1) is 19.8. The lowest BCUT2D eigenvalue weighted by Crippen LogP contribution is -2.52. The lowest BCUT2D eigenvalue weighted by atomic mass is 10.2. The summed E-state index contributed by atoms with van der Waals surface area (Å²) in [5.41, 5.74) is 1.59. The van der Waals surface area contributed by atoms with E-state index in [9.17, 15) is 19.7 Å². The quantitative estimate of drug-likeness (QED) is 0.320. The first-order valence-electron chi connectivity index (χ1n) is 9.78. The Bertz CT molecular complexity index is 957. The Morgan fingerprint density at radius 2 is 1.80 bits per heavy atom. The van der Waals surface area contributed by atoms with Gasteiger partial charge in [0.25, 0.3) is 5.69 Å². The number of hydrogen-bond donors (Lipinski definition) is 0. The zero-order valence-electron chi connectivity index (χ0n) is 16.4. The molecule has 0 radical (unpaired) electrons. The highest BCUT2D eigenvalue weighted by molar-refractivity contribution is 5.89. The van der Waals surface area contributed by atoms with Crippen LogP contribution in [0.4, 0.5) is 11.4 Å². The number of carbonyl (C=O) groups is 2. The summed E-state index contributed by atoms with van der Waals surface area (Å²) < 4.78 is 5.13. The molecule has 2 heterocycles. The van der Waals surface area contributed by atoms with Gasteiger partial charge in [-0.15, -0.1) is 0 Å². The Balaban J connectivity index is 1.37. The smallest absolute Gasteiger partial charge is 0.331 e. The number of benzene rings is 2. The van der Waals surface area contributed by atoms with E-state index in [1.165, 1.54) is 23.8 Å². The Hall–Kier alpha value is -3.46. The van der Waals surface area contributed by atoms with Crippen molar-refractivity contribution >= 4 is 23.3 Å². The topological polar surface area (TPSA) is 96.2 Å². The van der Waals surface area contributed by atoms with E-state index in [2.05, 4.69) is 17.0 Å². The van der Waals surface area contributed by atoms with Crippen LogP contribution in [0.1, 0.15) is 5.56 Å². The maximum absolute atomic E-state index is 12.8. The number of hydrogen-bond acceptors (Lipinski definition) is 7. The largest absolute Gasteiger partial charge is 0.423 e. The first-order valence-corrected chi connectivity index (χ1v) is 9.78. The average molecular weight is 410 g/mol. The van der Waals surface area contributed by atoms with Gasteiger partial charge in [0.2, 0.25) is 5.91 Å². The van der Waals surface area contributed by atoms with E-state index in [4.69, 9.17) is 4.74 Å². The van der Waals surface area contributed by atoms with Crippen LogP contribution in [0.5, 0.6) is 5.75 Å². The molecule has 2 aliphatic rings. The molecule has 0 atom stereocenters. The van der Waals surface area contributed by atoms with Gasteiger partial charge in [0.15, 0.2) is 5.75 Å². The monoisotopic (exact) mass is 410 g/mol. The molecule has 0 aromatic heterocycles. The van der Waals surface area contributed by atoms with Gasteiger partial charge < -0.3 is 14.5 Å². The zero-order chi connectivity index (χ0) is 21.1. The minimum atomic E-state index is -0.548. The first-order chi connectivity index (χ1) is 14.5. The second kappa shape index (κ2) is 8.50. The predicted molar refractivity (Wildman–Crippen MR) is 109 cm³/mol. The van der Waals surface area contributed by atoms with Crippen LogP contribution in [0.3, 0.4) is 0 Å². The van der Waals surface area contributed by atoms with Gasteiger partial charge in [-0.05, 0) is 11.6 Å². The Kier molecular flexibility index (Phi) is 5.62. The molecule has 0 spiro atoms. The number of carbonyl (C=O) groups excluding carboxylic acids is 2. The fourth-order valence-corrected chi connectivity index (χ4v) is 3.76. The molecule has 0 N–H and O–H groups in total. The molecule has 4 rings (SSSR count).